The van der Waals surface area contributed by atoms with Gasteiger partial charge in [0.05, 0.1) is 22.9 Å². The third kappa shape index (κ3) is 3.33. The van der Waals surface area contributed by atoms with Crippen LogP contribution in [0.15, 0.2) is 42.9 Å². The van der Waals surface area contributed by atoms with Gasteiger partial charge in [-0.2, -0.15) is 9.40 Å². The van der Waals surface area contributed by atoms with Crippen molar-refractivity contribution in [2.75, 3.05) is 24.2 Å². The maximum absolute atomic E-state index is 12.1. The van der Waals surface area contributed by atoms with Gasteiger partial charge in [0.25, 0.3) is 0 Å². The summed E-state index contributed by atoms with van der Waals surface area (Å²) in [5.41, 5.74) is 4.63. The Kier molecular flexibility index (Phi) is 4.52. The molecular formula is C20H21N7O2S. The number of benzene rings is 1. The van der Waals surface area contributed by atoms with Crippen LogP contribution in [0.4, 0.5) is 11.5 Å². The largest absolute Gasteiger partial charge is 0.340 e. The molecule has 0 bridgehead atoms. The molecule has 4 aromatic rings. The lowest BCUT2D eigenvalue weighted by molar-refractivity contribution is 0.442. The minimum absolute atomic E-state index is 0.123. The normalized spacial score (nSPS) is 15.6. The molecule has 5 rings (SSSR count). The number of hydrogen-bond acceptors (Lipinski definition) is 6. The Bertz CT molecular complexity index is 1370. The zero-order chi connectivity index (χ0) is 20.7. The van der Waals surface area contributed by atoms with E-state index in [1.165, 1.54) is 10.6 Å². The first kappa shape index (κ1) is 18.8. The Morgan fingerprint density at radius 1 is 1.23 bits per heavy atom. The van der Waals surface area contributed by atoms with E-state index in [9.17, 15) is 8.42 Å². The van der Waals surface area contributed by atoms with Crippen LogP contribution >= 0.6 is 0 Å². The third-order valence-electron chi connectivity index (χ3n) is 5.40. The van der Waals surface area contributed by atoms with E-state index < -0.39 is 10.0 Å². The van der Waals surface area contributed by atoms with Gasteiger partial charge in [0.2, 0.25) is 10.0 Å². The molecule has 1 aromatic carbocycles. The molecule has 0 atom stereocenters. The summed E-state index contributed by atoms with van der Waals surface area (Å²) in [5.74, 6) is 0.828. The van der Waals surface area contributed by atoms with Crippen molar-refractivity contribution in [1.82, 2.24) is 29.5 Å². The summed E-state index contributed by atoms with van der Waals surface area (Å²) in [7, 11) is -3.16. The smallest absolute Gasteiger partial charge is 0.214 e. The highest BCUT2D eigenvalue weighted by Crippen LogP contribution is 2.30. The van der Waals surface area contributed by atoms with Gasteiger partial charge in [0.1, 0.15) is 17.8 Å². The molecule has 0 fully saturated rings. The molecule has 4 heterocycles. The highest BCUT2D eigenvalue weighted by Gasteiger charge is 2.23. The van der Waals surface area contributed by atoms with Crippen molar-refractivity contribution in [1.29, 1.82) is 0 Å². The number of H-pyrrole nitrogens is 2. The molecule has 9 nitrogen and oxygen atoms in total. The van der Waals surface area contributed by atoms with E-state index in [1.807, 2.05) is 30.3 Å². The number of aromatic nitrogens is 5. The van der Waals surface area contributed by atoms with Crippen molar-refractivity contribution in [3.05, 3.63) is 48.6 Å². The molecule has 3 aromatic heterocycles. The number of fused-ring (bicyclic) bond motifs is 2. The van der Waals surface area contributed by atoms with E-state index in [-0.39, 0.29) is 5.75 Å². The van der Waals surface area contributed by atoms with Gasteiger partial charge in [0.15, 0.2) is 0 Å². The summed E-state index contributed by atoms with van der Waals surface area (Å²) in [5, 5.41) is 12.2. The van der Waals surface area contributed by atoms with Crippen molar-refractivity contribution >= 4 is 49.0 Å². The number of nitrogens with one attached hydrogen (secondary N) is 3. The Hall–Kier alpha value is -3.24. The van der Waals surface area contributed by atoms with Crippen LogP contribution in [0.2, 0.25) is 0 Å². The van der Waals surface area contributed by atoms with Gasteiger partial charge in [-0.15, -0.1) is 0 Å². The Labute approximate surface area is 173 Å². The molecule has 0 unspecified atom stereocenters. The number of hydrogen-bond donors (Lipinski definition) is 3. The lowest BCUT2D eigenvalue weighted by Crippen LogP contribution is -2.35. The van der Waals surface area contributed by atoms with Crippen LogP contribution in [-0.2, 0) is 10.0 Å². The predicted molar refractivity (Wildman–Crippen MR) is 117 cm³/mol. The van der Waals surface area contributed by atoms with Gasteiger partial charge in [-0.1, -0.05) is 6.08 Å². The highest BCUT2D eigenvalue weighted by atomic mass is 32.2. The number of sulfonamides is 1. The van der Waals surface area contributed by atoms with E-state index >= 15 is 0 Å². The monoisotopic (exact) mass is 423 g/mol. The minimum atomic E-state index is -3.16. The van der Waals surface area contributed by atoms with Crippen molar-refractivity contribution in [2.45, 2.75) is 13.3 Å². The summed E-state index contributed by atoms with van der Waals surface area (Å²) in [6.07, 6.45) is 5.92. The quantitative estimate of drug-likeness (QED) is 0.454. The van der Waals surface area contributed by atoms with E-state index in [2.05, 4.69) is 30.5 Å². The number of rotatable bonds is 5. The van der Waals surface area contributed by atoms with E-state index in [4.69, 9.17) is 0 Å². The average molecular weight is 424 g/mol. The Morgan fingerprint density at radius 2 is 2.13 bits per heavy atom. The van der Waals surface area contributed by atoms with Gasteiger partial charge in [-0.25, -0.2) is 18.4 Å². The highest BCUT2D eigenvalue weighted by molar-refractivity contribution is 7.89. The maximum atomic E-state index is 12.1. The van der Waals surface area contributed by atoms with Crippen molar-refractivity contribution in [2.24, 2.45) is 0 Å². The lowest BCUT2D eigenvalue weighted by Gasteiger charge is -2.24. The van der Waals surface area contributed by atoms with Gasteiger partial charge in [-0.05, 0) is 43.2 Å². The van der Waals surface area contributed by atoms with E-state index in [0.29, 0.717) is 25.3 Å². The maximum Gasteiger partial charge on any atom is 0.214 e. The first-order valence-electron chi connectivity index (χ1n) is 9.74. The van der Waals surface area contributed by atoms with Gasteiger partial charge >= 0.3 is 0 Å². The molecule has 0 saturated carbocycles. The second-order valence-corrected chi connectivity index (χ2v) is 9.46. The first-order valence-corrected chi connectivity index (χ1v) is 11.4. The van der Waals surface area contributed by atoms with Crippen LogP contribution in [-0.4, -0.2) is 56.7 Å². The fourth-order valence-electron chi connectivity index (χ4n) is 3.70. The second-order valence-electron chi connectivity index (χ2n) is 7.20. The van der Waals surface area contributed by atoms with Gasteiger partial charge in [-0.3, -0.25) is 5.10 Å². The Morgan fingerprint density at radius 3 is 2.93 bits per heavy atom. The molecule has 30 heavy (non-hydrogen) atoms. The zero-order valence-corrected chi connectivity index (χ0v) is 17.2. The van der Waals surface area contributed by atoms with Crippen LogP contribution in [0.3, 0.4) is 0 Å². The fourth-order valence-corrected chi connectivity index (χ4v) is 4.74. The molecule has 3 N–H and O–H groups in total. The molecule has 0 spiro atoms. The SMILES string of the molecule is CCS(=O)(=O)N1CC=C(c2cc3c(Nc4ccc5[nH]ncc5c4)ncnc3[nH]2)CC1. The lowest BCUT2D eigenvalue weighted by atomic mass is 10.1. The van der Waals surface area contributed by atoms with Crippen LogP contribution in [0.1, 0.15) is 19.0 Å². The van der Waals surface area contributed by atoms with Crippen molar-refractivity contribution in [3.63, 3.8) is 0 Å². The van der Waals surface area contributed by atoms with Crippen molar-refractivity contribution < 1.29 is 8.42 Å². The summed E-state index contributed by atoms with van der Waals surface area (Å²) < 4.78 is 25.7. The second kappa shape index (κ2) is 7.22. The van der Waals surface area contributed by atoms with Crippen LogP contribution < -0.4 is 5.32 Å². The molecule has 0 radical (unpaired) electrons. The summed E-state index contributed by atoms with van der Waals surface area (Å²) in [6, 6.07) is 7.96. The van der Waals surface area contributed by atoms with E-state index in [0.717, 1.165) is 38.9 Å². The van der Waals surface area contributed by atoms with Crippen molar-refractivity contribution in [3.8, 4) is 0 Å². The standard InChI is InChI=1S/C20H21N7O2S/c1-2-30(28,29)27-7-5-13(6-8-27)18-10-16-19(21-12-22-20(16)25-18)24-15-3-4-17-14(9-15)11-23-26-17/h3-5,9-12H,2,6-8H2,1H3,(H,23,26)(H2,21,22,24,25). The third-order valence-corrected chi connectivity index (χ3v) is 7.25. The number of nitrogens with zero attached hydrogens (tertiary/aromatic N) is 4. The van der Waals surface area contributed by atoms with E-state index in [1.54, 1.807) is 13.1 Å². The molecule has 1 aliphatic heterocycles. The van der Waals surface area contributed by atoms with Gasteiger partial charge in [0, 0.05) is 29.9 Å². The number of aromatic amines is 2. The zero-order valence-electron chi connectivity index (χ0n) is 16.4. The molecule has 154 valence electrons. The fraction of sp³-hybridized carbons (Fsp3) is 0.250. The van der Waals surface area contributed by atoms with Crippen LogP contribution in [0, 0.1) is 0 Å². The van der Waals surface area contributed by atoms with Crippen LogP contribution in [0.5, 0.6) is 0 Å². The number of anilines is 2. The Balaban J connectivity index is 1.44. The summed E-state index contributed by atoms with van der Waals surface area (Å²) in [6.45, 7) is 2.55. The molecule has 10 heteroatoms. The minimum Gasteiger partial charge on any atom is -0.340 e. The average Bonchev–Trinajstić information content (AvgIpc) is 3.41. The van der Waals surface area contributed by atoms with Crippen LogP contribution in [0.25, 0.3) is 27.5 Å². The molecular weight excluding hydrogens is 402 g/mol. The molecule has 0 saturated heterocycles. The predicted octanol–water partition coefficient (Wildman–Crippen LogP) is 3.02. The van der Waals surface area contributed by atoms with Gasteiger partial charge < -0.3 is 10.3 Å². The molecule has 0 aliphatic carbocycles. The summed E-state index contributed by atoms with van der Waals surface area (Å²) >= 11 is 0. The summed E-state index contributed by atoms with van der Waals surface area (Å²) in [4.78, 5) is 12.1. The first-order chi connectivity index (χ1) is 14.5. The topological polar surface area (TPSA) is 120 Å². The molecule has 1 aliphatic rings. The molecule has 0 amide bonds.